The number of carbonyl (C=O) groups is 2. The lowest BCUT2D eigenvalue weighted by Crippen LogP contribution is -2.52. The molecule has 0 aliphatic rings. The van der Waals surface area contributed by atoms with E-state index in [4.69, 9.17) is 16.6 Å². The number of carboxylic acid groups (broad SMARTS) is 1. The number of ketones is 1. The molecule has 1 aromatic rings. The molecule has 0 radical (unpaired) electrons. The van der Waals surface area contributed by atoms with Gasteiger partial charge in [0.1, 0.15) is 6.04 Å². The zero-order chi connectivity index (χ0) is 12.1. The molecule has 5 N–H and O–H groups in total. The van der Waals surface area contributed by atoms with Crippen LogP contribution in [0.25, 0.3) is 0 Å². The predicted molar refractivity (Wildman–Crippen MR) is 56.5 cm³/mol. The summed E-state index contributed by atoms with van der Waals surface area (Å²) in [6.45, 7) is 0. The van der Waals surface area contributed by atoms with Crippen LogP contribution in [0.4, 0.5) is 0 Å². The first kappa shape index (κ1) is 12.3. The van der Waals surface area contributed by atoms with Crippen molar-refractivity contribution in [1.82, 2.24) is 4.98 Å². The largest absolute Gasteiger partial charge is 0.480 e. The van der Waals surface area contributed by atoms with Crippen LogP contribution < -0.4 is 11.5 Å². The summed E-state index contributed by atoms with van der Waals surface area (Å²) in [6.07, 6.45) is 1.54. The molecule has 6 nitrogen and oxygen atoms in total. The van der Waals surface area contributed by atoms with Gasteiger partial charge in [-0.25, -0.2) is 0 Å². The summed E-state index contributed by atoms with van der Waals surface area (Å²) in [4.78, 5) is 26.0. The highest BCUT2D eigenvalue weighted by atomic mass is 16.4. The number of pyridine rings is 1. The number of rotatable bonds is 5. The summed E-state index contributed by atoms with van der Waals surface area (Å²) in [7, 11) is 0. The van der Waals surface area contributed by atoms with Crippen molar-refractivity contribution in [2.24, 2.45) is 11.5 Å². The van der Waals surface area contributed by atoms with Crippen LogP contribution in [0.3, 0.4) is 0 Å². The van der Waals surface area contributed by atoms with Crippen LogP contribution >= 0.6 is 0 Å². The van der Waals surface area contributed by atoms with Crippen LogP contribution in [0.2, 0.25) is 0 Å². The van der Waals surface area contributed by atoms with Crippen LogP contribution in [-0.2, 0) is 16.0 Å². The van der Waals surface area contributed by atoms with Crippen molar-refractivity contribution in [2.75, 3.05) is 0 Å². The minimum atomic E-state index is -1.38. The Labute approximate surface area is 92.3 Å². The fraction of sp³-hybridized carbons (Fsp3) is 0.300. The SMILES string of the molecule is NC(C(=O)O)C(N)C(=O)Cc1ccccn1. The molecule has 0 saturated heterocycles. The van der Waals surface area contributed by atoms with Gasteiger partial charge in [-0.15, -0.1) is 0 Å². The van der Waals surface area contributed by atoms with Gasteiger partial charge < -0.3 is 16.6 Å². The molecule has 1 aromatic heterocycles. The molecule has 6 heteroatoms. The highest BCUT2D eigenvalue weighted by molar-refractivity contribution is 5.91. The van der Waals surface area contributed by atoms with Gasteiger partial charge in [-0.1, -0.05) is 6.07 Å². The third kappa shape index (κ3) is 3.11. The van der Waals surface area contributed by atoms with E-state index >= 15 is 0 Å². The fourth-order valence-corrected chi connectivity index (χ4v) is 1.15. The predicted octanol–water partition coefficient (Wildman–Crippen LogP) is -1.07. The van der Waals surface area contributed by atoms with Gasteiger partial charge in [0.15, 0.2) is 5.78 Å². The summed E-state index contributed by atoms with van der Waals surface area (Å²) in [5.74, 6) is -1.73. The topological polar surface area (TPSA) is 119 Å². The molecular weight excluding hydrogens is 210 g/mol. The van der Waals surface area contributed by atoms with Crippen molar-refractivity contribution in [3.05, 3.63) is 30.1 Å². The molecule has 0 saturated carbocycles. The van der Waals surface area contributed by atoms with Crippen molar-refractivity contribution in [3.63, 3.8) is 0 Å². The molecular formula is C10H13N3O3. The van der Waals surface area contributed by atoms with Crippen LogP contribution in [0.5, 0.6) is 0 Å². The smallest absolute Gasteiger partial charge is 0.322 e. The fourth-order valence-electron chi connectivity index (χ4n) is 1.15. The number of nitrogens with two attached hydrogens (primary N) is 2. The number of nitrogens with zero attached hydrogens (tertiary/aromatic N) is 1. The zero-order valence-corrected chi connectivity index (χ0v) is 8.54. The Morgan fingerprint density at radius 3 is 2.50 bits per heavy atom. The molecule has 1 heterocycles. The van der Waals surface area contributed by atoms with E-state index in [1.54, 1.807) is 24.4 Å². The third-order valence-corrected chi connectivity index (χ3v) is 2.13. The van der Waals surface area contributed by atoms with E-state index in [1.165, 1.54) is 0 Å². The van der Waals surface area contributed by atoms with Gasteiger partial charge in [-0.05, 0) is 12.1 Å². The molecule has 1 rings (SSSR count). The molecule has 0 spiro atoms. The summed E-state index contributed by atoms with van der Waals surface area (Å²) in [5, 5.41) is 8.59. The van der Waals surface area contributed by atoms with Crippen LogP contribution in [0, 0.1) is 0 Å². The number of aliphatic carboxylic acids is 1. The highest BCUT2D eigenvalue weighted by Gasteiger charge is 2.26. The lowest BCUT2D eigenvalue weighted by Gasteiger charge is -2.14. The Kier molecular flexibility index (Phi) is 4.10. The first-order valence-corrected chi connectivity index (χ1v) is 4.69. The molecule has 2 unspecified atom stereocenters. The molecule has 86 valence electrons. The molecule has 2 atom stereocenters. The van der Waals surface area contributed by atoms with E-state index in [0.717, 1.165) is 0 Å². The number of carboxylic acids is 1. The number of carbonyl (C=O) groups excluding carboxylic acids is 1. The Morgan fingerprint density at radius 2 is 2.00 bits per heavy atom. The van der Waals surface area contributed by atoms with Crippen molar-refractivity contribution >= 4 is 11.8 Å². The van der Waals surface area contributed by atoms with E-state index in [-0.39, 0.29) is 6.42 Å². The average Bonchev–Trinajstić information content (AvgIpc) is 2.28. The number of hydrogen-bond acceptors (Lipinski definition) is 5. The summed E-state index contributed by atoms with van der Waals surface area (Å²) < 4.78 is 0. The standard InChI is InChI=1S/C10H13N3O3/c11-8(9(12)10(15)16)7(14)5-6-3-1-2-4-13-6/h1-4,8-9H,5,11-12H2,(H,15,16). The van der Waals surface area contributed by atoms with Crippen molar-refractivity contribution in [2.45, 2.75) is 18.5 Å². The first-order valence-electron chi connectivity index (χ1n) is 4.69. The second kappa shape index (κ2) is 5.34. The Balaban J connectivity index is 2.63. The lowest BCUT2D eigenvalue weighted by molar-refractivity contribution is -0.140. The van der Waals surface area contributed by atoms with Gasteiger partial charge in [0.25, 0.3) is 0 Å². The minimum absolute atomic E-state index is 0.0109. The van der Waals surface area contributed by atoms with Crippen LogP contribution in [0.1, 0.15) is 5.69 Å². The number of Topliss-reactive ketones (excluding diaryl/α,β-unsaturated/α-hetero) is 1. The molecule has 0 fully saturated rings. The van der Waals surface area contributed by atoms with Crippen molar-refractivity contribution in [1.29, 1.82) is 0 Å². The maximum Gasteiger partial charge on any atom is 0.322 e. The van der Waals surface area contributed by atoms with E-state index < -0.39 is 23.8 Å². The Bertz CT molecular complexity index is 380. The van der Waals surface area contributed by atoms with E-state index in [1.807, 2.05) is 0 Å². The molecule has 0 aliphatic carbocycles. The zero-order valence-electron chi connectivity index (χ0n) is 8.54. The van der Waals surface area contributed by atoms with Crippen molar-refractivity contribution in [3.8, 4) is 0 Å². The molecule has 0 bridgehead atoms. The second-order valence-electron chi connectivity index (χ2n) is 3.35. The maximum absolute atomic E-state index is 11.6. The number of hydrogen-bond donors (Lipinski definition) is 3. The third-order valence-electron chi connectivity index (χ3n) is 2.13. The van der Waals surface area contributed by atoms with Gasteiger partial charge >= 0.3 is 5.97 Å². The maximum atomic E-state index is 11.6. The Morgan fingerprint density at radius 1 is 1.31 bits per heavy atom. The number of aromatic nitrogens is 1. The monoisotopic (exact) mass is 223 g/mol. The van der Waals surface area contributed by atoms with Gasteiger partial charge in [0, 0.05) is 11.9 Å². The average molecular weight is 223 g/mol. The minimum Gasteiger partial charge on any atom is -0.480 e. The molecule has 0 aliphatic heterocycles. The van der Waals surface area contributed by atoms with Gasteiger partial charge in [-0.3, -0.25) is 14.6 Å². The Hall–Kier alpha value is -1.79. The molecule has 16 heavy (non-hydrogen) atoms. The summed E-state index contributed by atoms with van der Waals surface area (Å²) in [5.41, 5.74) is 11.2. The van der Waals surface area contributed by atoms with Gasteiger partial charge in [0.2, 0.25) is 0 Å². The highest BCUT2D eigenvalue weighted by Crippen LogP contribution is 1.99. The molecule has 0 amide bonds. The van der Waals surface area contributed by atoms with Crippen LogP contribution in [0.15, 0.2) is 24.4 Å². The van der Waals surface area contributed by atoms with E-state index in [0.29, 0.717) is 5.69 Å². The lowest BCUT2D eigenvalue weighted by atomic mass is 10.0. The van der Waals surface area contributed by atoms with Crippen LogP contribution in [-0.4, -0.2) is 33.9 Å². The second-order valence-corrected chi connectivity index (χ2v) is 3.35. The summed E-state index contributed by atoms with van der Waals surface area (Å²) >= 11 is 0. The summed E-state index contributed by atoms with van der Waals surface area (Å²) in [6, 6.07) is 2.53. The van der Waals surface area contributed by atoms with E-state index in [9.17, 15) is 9.59 Å². The normalized spacial score (nSPS) is 14.1. The van der Waals surface area contributed by atoms with Gasteiger partial charge in [0.05, 0.1) is 12.5 Å². The quantitative estimate of drug-likeness (QED) is 0.585. The first-order chi connectivity index (χ1) is 7.52. The molecule has 0 aromatic carbocycles. The van der Waals surface area contributed by atoms with E-state index in [2.05, 4.69) is 4.98 Å². The van der Waals surface area contributed by atoms with Gasteiger partial charge in [-0.2, -0.15) is 0 Å². The van der Waals surface area contributed by atoms with Crippen molar-refractivity contribution < 1.29 is 14.7 Å².